The zero-order valence-electron chi connectivity index (χ0n) is 10.6. The highest BCUT2D eigenvalue weighted by Crippen LogP contribution is 2.16. The fourth-order valence-electron chi connectivity index (χ4n) is 1.94. The highest BCUT2D eigenvalue weighted by molar-refractivity contribution is 5.94. The largest absolute Gasteiger partial charge is 0.435 e. The monoisotopic (exact) mass is 284 g/mol. The molecule has 0 radical (unpaired) electrons. The first kappa shape index (κ1) is 14.2. The average Bonchev–Trinajstić information content (AvgIpc) is 2.41. The van der Waals surface area contributed by atoms with Crippen molar-refractivity contribution in [1.29, 1.82) is 0 Å². The van der Waals surface area contributed by atoms with E-state index in [1.807, 2.05) is 0 Å². The lowest BCUT2D eigenvalue weighted by atomic mass is 10.1. The van der Waals surface area contributed by atoms with E-state index in [2.05, 4.69) is 15.4 Å². The summed E-state index contributed by atoms with van der Waals surface area (Å²) < 4.78 is 28.4. The Morgan fingerprint density at radius 3 is 2.90 bits per heavy atom. The van der Waals surface area contributed by atoms with Gasteiger partial charge in [-0.05, 0) is 24.6 Å². The Balaban J connectivity index is 1.96. The predicted molar refractivity (Wildman–Crippen MR) is 66.6 cm³/mol. The number of carbonyl (C=O) groups is 2. The molecule has 5 nitrogen and oxygen atoms in total. The lowest BCUT2D eigenvalue weighted by molar-refractivity contribution is -0.122. The molecule has 1 atom stereocenters. The van der Waals surface area contributed by atoms with E-state index in [0.717, 1.165) is 0 Å². The molecule has 1 unspecified atom stereocenters. The van der Waals surface area contributed by atoms with Crippen molar-refractivity contribution in [2.24, 2.45) is 0 Å². The van der Waals surface area contributed by atoms with Gasteiger partial charge in [-0.15, -0.1) is 0 Å². The molecule has 1 aromatic rings. The van der Waals surface area contributed by atoms with Crippen LogP contribution >= 0.6 is 0 Å². The van der Waals surface area contributed by atoms with Gasteiger partial charge in [0.25, 0.3) is 5.91 Å². The highest BCUT2D eigenvalue weighted by atomic mass is 19.3. The third kappa shape index (κ3) is 3.91. The summed E-state index contributed by atoms with van der Waals surface area (Å²) in [4.78, 5) is 23.0. The van der Waals surface area contributed by atoms with Crippen molar-refractivity contribution in [3.63, 3.8) is 0 Å². The zero-order chi connectivity index (χ0) is 14.5. The van der Waals surface area contributed by atoms with Crippen molar-refractivity contribution < 1.29 is 23.1 Å². The van der Waals surface area contributed by atoms with Crippen LogP contribution in [0.25, 0.3) is 0 Å². The summed E-state index contributed by atoms with van der Waals surface area (Å²) in [5.74, 6) is -0.488. The summed E-state index contributed by atoms with van der Waals surface area (Å²) in [5.41, 5.74) is 0.236. The standard InChI is InChI=1S/C13H14F2N2O3/c14-13(15)20-10-3-1-2-8(6-10)12(19)17-9-4-5-11(18)16-7-9/h1-3,6,9,13H,4-5,7H2,(H,16,18)(H,17,19). The number of benzene rings is 1. The van der Waals surface area contributed by atoms with Crippen LogP contribution in [-0.2, 0) is 4.79 Å². The van der Waals surface area contributed by atoms with E-state index < -0.39 is 6.61 Å². The molecule has 1 heterocycles. The Morgan fingerprint density at radius 2 is 2.25 bits per heavy atom. The first-order valence-corrected chi connectivity index (χ1v) is 6.17. The maximum absolute atomic E-state index is 12.1. The van der Waals surface area contributed by atoms with Crippen molar-refractivity contribution in [3.8, 4) is 5.75 Å². The molecule has 1 aromatic carbocycles. The lowest BCUT2D eigenvalue weighted by Crippen LogP contribution is -2.47. The second kappa shape index (κ2) is 6.31. The van der Waals surface area contributed by atoms with E-state index in [-0.39, 0.29) is 29.2 Å². The number of hydrogen-bond acceptors (Lipinski definition) is 3. The maximum atomic E-state index is 12.1. The van der Waals surface area contributed by atoms with Gasteiger partial charge in [0.2, 0.25) is 5.91 Å². The van der Waals surface area contributed by atoms with Gasteiger partial charge in [0.15, 0.2) is 0 Å². The van der Waals surface area contributed by atoms with E-state index in [0.29, 0.717) is 19.4 Å². The Morgan fingerprint density at radius 1 is 1.45 bits per heavy atom. The van der Waals surface area contributed by atoms with E-state index >= 15 is 0 Å². The van der Waals surface area contributed by atoms with Crippen LogP contribution in [-0.4, -0.2) is 31.0 Å². The molecule has 2 amide bonds. The van der Waals surface area contributed by atoms with Gasteiger partial charge in [-0.1, -0.05) is 6.07 Å². The number of nitrogens with one attached hydrogen (secondary N) is 2. The van der Waals surface area contributed by atoms with Gasteiger partial charge < -0.3 is 15.4 Å². The molecule has 0 aromatic heterocycles. The molecule has 1 aliphatic heterocycles. The van der Waals surface area contributed by atoms with Gasteiger partial charge in [-0.3, -0.25) is 9.59 Å². The van der Waals surface area contributed by atoms with E-state index in [9.17, 15) is 18.4 Å². The highest BCUT2D eigenvalue weighted by Gasteiger charge is 2.20. The first-order valence-electron chi connectivity index (χ1n) is 6.17. The van der Waals surface area contributed by atoms with Crippen molar-refractivity contribution in [2.45, 2.75) is 25.5 Å². The summed E-state index contributed by atoms with van der Waals surface area (Å²) in [6, 6.07) is 5.43. The number of rotatable bonds is 4. The minimum atomic E-state index is -2.93. The topological polar surface area (TPSA) is 67.4 Å². The first-order chi connectivity index (χ1) is 9.54. The fourth-order valence-corrected chi connectivity index (χ4v) is 1.94. The van der Waals surface area contributed by atoms with Crippen LogP contribution in [0.5, 0.6) is 5.75 Å². The molecule has 0 aliphatic carbocycles. The Hall–Kier alpha value is -2.18. The number of amides is 2. The van der Waals surface area contributed by atoms with Gasteiger partial charge in [0, 0.05) is 24.6 Å². The van der Waals surface area contributed by atoms with Gasteiger partial charge in [-0.2, -0.15) is 8.78 Å². The van der Waals surface area contributed by atoms with Crippen LogP contribution in [0.1, 0.15) is 23.2 Å². The third-order valence-corrected chi connectivity index (χ3v) is 2.92. The molecule has 1 fully saturated rings. The van der Waals surface area contributed by atoms with Crippen molar-refractivity contribution in [2.75, 3.05) is 6.54 Å². The quantitative estimate of drug-likeness (QED) is 0.875. The normalized spacial score (nSPS) is 18.6. The van der Waals surface area contributed by atoms with Crippen LogP contribution in [0.3, 0.4) is 0 Å². The summed E-state index contributed by atoms with van der Waals surface area (Å²) in [6.45, 7) is -2.56. The molecule has 2 N–H and O–H groups in total. The molecule has 0 spiro atoms. The van der Waals surface area contributed by atoms with Crippen molar-refractivity contribution in [3.05, 3.63) is 29.8 Å². The zero-order valence-corrected chi connectivity index (χ0v) is 10.6. The van der Waals surface area contributed by atoms with E-state index in [1.165, 1.54) is 24.3 Å². The van der Waals surface area contributed by atoms with Crippen LogP contribution in [0.4, 0.5) is 8.78 Å². The maximum Gasteiger partial charge on any atom is 0.387 e. The average molecular weight is 284 g/mol. The molecule has 108 valence electrons. The molecular formula is C13H14F2N2O3. The van der Waals surface area contributed by atoms with Crippen LogP contribution in [0.15, 0.2) is 24.3 Å². The van der Waals surface area contributed by atoms with Crippen molar-refractivity contribution >= 4 is 11.8 Å². The van der Waals surface area contributed by atoms with Crippen LogP contribution in [0.2, 0.25) is 0 Å². The van der Waals surface area contributed by atoms with E-state index in [4.69, 9.17) is 0 Å². The van der Waals surface area contributed by atoms with Crippen LogP contribution < -0.4 is 15.4 Å². The molecule has 20 heavy (non-hydrogen) atoms. The SMILES string of the molecule is O=C1CCC(NC(=O)c2cccc(OC(F)F)c2)CN1. The Labute approximate surface area is 114 Å². The number of halogens is 2. The van der Waals surface area contributed by atoms with Gasteiger partial charge in [0.1, 0.15) is 5.75 Å². The molecule has 1 aliphatic rings. The van der Waals surface area contributed by atoms with E-state index in [1.54, 1.807) is 0 Å². The number of hydrogen-bond donors (Lipinski definition) is 2. The summed E-state index contributed by atoms with van der Waals surface area (Å²) >= 11 is 0. The third-order valence-electron chi connectivity index (χ3n) is 2.92. The molecular weight excluding hydrogens is 270 g/mol. The Bertz CT molecular complexity index is 498. The molecule has 0 bridgehead atoms. The van der Waals surface area contributed by atoms with Gasteiger partial charge in [-0.25, -0.2) is 0 Å². The molecule has 7 heteroatoms. The second-order valence-electron chi connectivity index (χ2n) is 4.42. The fraction of sp³-hybridized carbons (Fsp3) is 0.385. The Kier molecular flexibility index (Phi) is 4.49. The molecule has 1 saturated heterocycles. The number of alkyl halides is 2. The smallest absolute Gasteiger partial charge is 0.387 e. The second-order valence-corrected chi connectivity index (χ2v) is 4.42. The molecule has 2 rings (SSSR count). The number of carbonyl (C=O) groups excluding carboxylic acids is 2. The minimum Gasteiger partial charge on any atom is -0.435 e. The number of ether oxygens (including phenoxy) is 1. The number of piperidine rings is 1. The minimum absolute atomic E-state index is 0.0390. The summed E-state index contributed by atoms with van der Waals surface area (Å²) in [7, 11) is 0. The summed E-state index contributed by atoms with van der Waals surface area (Å²) in [6.07, 6.45) is 0.921. The van der Waals surface area contributed by atoms with Crippen molar-refractivity contribution in [1.82, 2.24) is 10.6 Å². The predicted octanol–water partition coefficient (Wildman–Crippen LogP) is 1.30. The van der Waals surface area contributed by atoms with Gasteiger partial charge >= 0.3 is 6.61 Å². The summed E-state index contributed by atoms with van der Waals surface area (Å²) in [5, 5.41) is 5.39. The van der Waals surface area contributed by atoms with Crippen LogP contribution in [0, 0.1) is 0 Å². The lowest BCUT2D eigenvalue weighted by Gasteiger charge is -2.23. The molecule has 0 saturated carbocycles. The van der Waals surface area contributed by atoms with Gasteiger partial charge in [0.05, 0.1) is 0 Å².